The summed E-state index contributed by atoms with van der Waals surface area (Å²) < 4.78 is 2.37. The summed E-state index contributed by atoms with van der Waals surface area (Å²) in [5.74, 6) is 0. The van der Waals surface area contributed by atoms with Crippen LogP contribution in [0.3, 0.4) is 0 Å². The van der Waals surface area contributed by atoms with Gasteiger partial charge in [0.2, 0.25) is 0 Å². The number of aryl methyl sites for hydroxylation is 1. The van der Waals surface area contributed by atoms with Gasteiger partial charge in [-0.2, -0.15) is 0 Å². The van der Waals surface area contributed by atoms with Gasteiger partial charge in [0.25, 0.3) is 0 Å². The van der Waals surface area contributed by atoms with Gasteiger partial charge in [-0.25, -0.2) is 14.9 Å². The Bertz CT molecular complexity index is 577. The normalized spacial score (nSPS) is 10.7. The Morgan fingerprint density at radius 1 is 1.56 bits per heavy atom. The van der Waals surface area contributed by atoms with Gasteiger partial charge in [0, 0.05) is 13.2 Å². The van der Waals surface area contributed by atoms with Gasteiger partial charge in [0.1, 0.15) is 5.03 Å². The zero-order valence-corrected chi connectivity index (χ0v) is 11.1. The van der Waals surface area contributed by atoms with E-state index < -0.39 is 0 Å². The molecule has 0 fully saturated rings. The van der Waals surface area contributed by atoms with Crippen LogP contribution in [0.1, 0.15) is 5.56 Å². The van der Waals surface area contributed by atoms with Crippen LogP contribution in [0.5, 0.6) is 0 Å². The van der Waals surface area contributed by atoms with Gasteiger partial charge in [-0.3, -0.25) is 4.57 Å². The Morgan fingerprint density at radius 2 is 2.31 bits per heavy atom. The molecule has 0 unspecified atom stereocenters. The minimum atomic E-state index is -0.230. The predicted molar refractivity (Wildman–Crippen MR) is 64.6 cm³/mol. The second-order valence-corrected chi connectivity index (χ2v) is 4.97. The molecule has 0 aliphatic rings. The van der Waals surface area contributed by atoms with Crippen molar-refractivity contribution in [3.63, 3.8) is 0 Å². The molecule has 16 heavy (non-hydrogen) atoms. The molecule has 0 bridgehead atoms. The fourth-order valence-electron chi connectivity index (χ4n) is 1.10. The third-order valence-corrected chi connectivity index (χ3v) is 4.39. The number of nitrogens with one attached hydrogen (secondary N) is 1. The van der Waals surface area contributed by atoms with Crippen molar-refractivity contribution in [3.8, 4) is 0 Å². The van der Waals surface area contributed by atoms with Crippen LogP contribution >= 0.6 is 27.7 Å². The average Bonchev–Trinajstić information content (AvgIpc) is 2.57. The van der Waals surface area contributed by atoms with Crippen LogP contribution in [-0.2, 0) is 7.05 Å². The van der Waals surface area contributed by atoms with Crippen LogP contribution in [0.2, 0.25) is 0 Å². The summed E-state index contributed by atoms with van der Waals surface area (Å²) in [5, 5.41) is 7.67. The van der Waals surface area contributed by atoms with E-state index in [1.54, 1.807) is 13.2 Å². The molecule has 7 heteroatoms. The Morgan fingerprint density at radius 3 is 2.94 bits per heavy atom. The van der Waals surface area contributed by atoms with E-state index in [1.165, 1.54) is 16.3 Å². The molecule has 0 spiro atoms. The molecule has 5 nitrogen and oxygen atoms in total. The van der Waals surface area contributed by atoms with Crippen LogP contribution < -0.4 is 5.69 Å². The first-order valence-electron chi connectivity index (χ1n) is 4.50. The number of nitrogens with zero attached hydrogens (tertiary/aromatic N) is 3. The smallest absolute Gasteiger partial charge is 0.273 e. The quantitative estimate of drug-likeness (QED) is 0.917. The van der Waals surface area contributed by atoms with Gasteiger partial charge in [0.05, 0.1) is 4.47 Å². The van der Waals surface area contributed by atoms with E-state index in [9.17, 15) is 4.79 Å². The lowest BCUT2D eigenvalue weighted by atomic mass is 10.3. The van der Waals surface area contributed by atoms with Gasteiger partial charge in [-0.1, -0.05) is 0 Å². The molecule has 0 amide bonds. The fourth-order valence-corrected chi connectivity index (χ4v) is 2.42. The summed E-state index contributed by atoms with van der Waals surface area (Å²) in [7, 11) is 1.66. The molecule has 0 aliphatic carbocycles. The van der Waals surface area contributed by atoms with Crippen molar-refractivity contribution in [2.24, 2.45) is 7.05 Å². The minimum Gasteiger partial charge on any atom is -0.273 e. The van der Waals surface area contributed by atoms with E-state index in [2.05, 4.69) is 31.1 Å². The van der Waals surface area contributed by atoms with Crippen molar-refractivity contribution in [2.45, 2.75) is 17.1 Å². The largest absolute Gasteiger partial charge is 0.343 e. The second-order valence-electron chi connectivity index (χ2n) is 3.22. The zero-order chi connectivity index (χ0) is 11.7. The Labute approximate surface area is 104 Å². The molecule has 0 saturated carbocycles. The average molecular weight is 301 g/mol. The first kappa shape index (κ1) is 11.4. The molecular weight excluding hydrogens is 292 g/mol. The number of hydrogen-bond acceptors (Lipinski definition) is 4. The van der Waals surface area contributed by atoms with Gasteiger partial charge in [-0.15, -0.1) is 5.10 Å². The number of H-pyrrole nitrogens is 1. The fraction of sp³-hybridized carbons (Fsp3) is 0.222. The first-order valence-corrected chi connectivity index (χ1v) is 6.11. The van der Waals surface area contributed by atoms with E-state index in [0.29, 0.717) is 5.16 Å². The van der Waals surface area contributed by atoms with Crippen LogP contribution in [0.15, 0.2) is 31.7 Å². The lowest BCUT2D eigenvalue weighted by molar-refractivity contribution is 0.764. The van der Waals surface area contributed by atoms with Crippen molar-refractivity contribution in [3.05, 3.63) is 32.8 Å². The maximum atomic E-state index is 11.2. The Balaban J connectivity index is 2.38. The summed E-state index contributed by atoms with van der Waals surface area (Å²) in [6.45, 7) is 1.99. The maximum Gasteiger partial charge on any atom is 0.343 e. The molecule has 84 valence electrons. The lowest BCUT2D eigenvalue weighted by Gasteiger charge is -2.03. The van der Waals surface area contributed by atoms with Crippen LogP contribution in [0.4, 0.5) is 0 Å². The number of aromatic amines is 1. The molecule has 2 rings (SSSR count). The standard InChI is InChI=1S/C9H9BrN4OS/c1-5-3-4-11-7(6(5)10)16-9-13-12-8(15)14(9)2/h3-4H,1-2H3,(H,12,15). The van der Waals surface area contributed by atoms with E-state index in [-0.39, 0.29) is 5.69 Å². The molecular formula is C9H9BrN4OS. The molecule has 1 N–H and O–H groups in total. The summed E-state index contributed by atoms with van der Waals surface area (Å²) in [6, 6.07) is 1.91. The Kier molecular flexibility index (Phi) is 3.15. The van der Waals surface area contributed by atoms with Crippen LogP contribution in [0.25, 0.3) is 0 Å². The molecule has 0 saturated heterocycles. The van der Waals surface area contributed by atoms with Gasteiger partial charge in [0.15, 0.2) is 5.16 Å². The molecule has 0 radical (unpaired) electrons. The molecule has 2 aromatic rings. The summed E-state index contributed by atoms with van der Waals surface area (Å²) in [4.78, 5) is 15.4. The summed E-state index contributed by atoms with van der Waals surface area (Å²) >= 11 is 4.80. The van der Waals surface area contributed by atoms with E-state index in [0.717, 1.165) is 15.1 Å². The summed E-state index contributed by atoms with van der Waals surface area (Å²) in [6.07, 6.45) is 1.73. The molecule has 0 aliphatic heterocycles. The predicted octanol–water partition coefficient (Wildman–Crippen LogP) is 1.73. The maximum absolute atomic E-state index is 11.2. The van der Waals surface area contributed by atoms with Gasteiger partial charge < -0.3 is 0 Å². The highest BCUT2D eigenvalue weighted by atomic mass is 79.9. The van der Waals surface area contributed by atoms with Crippen molar-refractivity contribution in [1.82, 2.24) is 19.7 Å². The third kappa shape index (κ3) is 2.05. The molecule has 0 atom stereocenters. The SMILES string of the molecule is Cc1ccnc(Sc2n[nH]c(=O)n2C)c1Br. The highest BCUT2D eigenvalue weighted by molar-refractivity contribution is 9.10. The third-order valence-electron chi connectivity index (χ3n) is 2.08. The lowest BCUT2D eigenvalue weighted by Crippen LogP contribution is -2.12. The van der Waals surface area contributed by atoms with Crippen molar-refractivity contribution in [1.29, 1.82) is 0 Å². The monoisotopic (exact) mass is 300 g/mol. The number of hydrogen-bond donors (Lipinski definition) is 1. The van der Waals surface area contributed by atoms with Crippen molar-refractivity contribution < 1.29 is 0 Å². The van der Waals surface area contributed by atoms with E-state index in [4.69, 9.17) is 0 Å². The zero-order valence-electron chi connectivity index (χ0n) is 8.69. The van der Waals surface area contributed by atoms with E-state index in [1.807, 2.05) is 13.0 Å². The highest BCUT2D eigenvalue weighted by Gasteiger charge is 2.10. The minimum absolute atomic E-state index is 0.230. The topological polar surface area (TPSA) is 63.6 Å². The highest BCUT2D eigenvalue weighted by Crippen LogP contribution is 2.31. The molecule has 0 aromatic carbocycles. The first-order chi connectivity index (χ1) is 7.59. The number of halogens is 1. The Hall–Kier alpha value is -1.08. The molecule has 2 aromatic heterocycles. The van der Waals surface area contributed by atoms with E-state index >= 15 is 0 Å². The second kappa shape index (κ2) is 4.42. The van der Waals surface area contributed by atoms with Gasteiger partial charge >= 0.3 is 5.69 Å². The number of aromatic nitrogens is 4. The van der Waals surface area contributed by atoms with Crippen molar-refractivity contribution >= 4 is 27.7 Å². The number of rotatable bonds is 2. The van der Waals surface area contributed by atoms with Crippen LogP contribution in [0, 0.1) is 6.92 Å². The summed E-state index contributed by atoms with van der Waals surface area (Å²) in [5.41, 5.74) is 0.865. The van der Waals surface area contributed by atoms with Crippen LogP contribution in [-0.4, -0.2) is 19.7 Å². The molecule has 2 heterocycles. The van der Waals surface area contributed by atoms with Gasteiger partial charge in [-0.05, 0) is 46.2 Å². The number of pyridine rings is 1. The van der Waals surface area contributed by atoms with Crippen molar-refractivity contribution in [2.75, 3.05) is 0 Å².